The minimum Gasteiger partial charge on any atom is -0.334 e. The number of aryl methyl sites for hydroxylation is 1. The van der Waals surface area contributed by atoms with Gasteiger partial charge in [0.15, 0.2) is 11.5 Å². The van der Waals surface area contributed by atoms with Crippen LogP contribution in [0.1, 0.15) is 38.0 Å². The van der Waals surface area contributed by atoms with E-state index in [9.17, 15) is 9.18 Å². The highest BCUT2D eigenvalue weighted by molar-refractivity contribution is 5.92. The molecular formula is C21H21FN6O2. The maximum atomic E-state index is 13.4. The predicted octanol–water partition coefficient (Wildman–Crippen LogP) is 3.71. The Morgan fingerprint density at radius 2 is 2.00 bits per heavy atom. The van der Waals surface area contributed by atoms with Crippen molar-refractivity contribution in [1.29, 1.82) is 0 Å². The third kappa shape index (κ3) is 3.91. The zero-order valence-corrected chi connectivity index (χ0v) is 17.1. The van der Waals surface area contributed by atoms with Crippen molar-refractivity contribution in [2.75, 3.05) is 5.32 Å². The van der Waals surface area contributed by atoms with E-state index in [-0.39, 0.29) is 17.7 Å². The van der Waals surface area contributed by atoms with Gasteiger partial charge in [-0.1, -0.05) is 32.0 Å². The largest absolute Gasteiger partial charge is 0.334 e. The lowest BCUT2D eigenvalue weighted by Crippen LogP contribution is -2.17. The number of rotatable bonds is 4. The van der Waals surface area contributed by atoms with Crippen LogP contribution in [0.5, 0.6) is 0 Å². The van der Waals surface area contributed by atoms with Gasteiger partial charge >= 0.3 is 0 Å². The van der Waals surface area contributed by atoms with E-state index in [2.05, 4.69) is 25.7 Å². The summed E-state index contributed by atoms with van der Waals surface area (Å²) in [6.07, 6.45) is 1.74. The van der Waals surface area contributed by atoms with Gasteiger partial charge in [-0.25, -0.2) is 4.39 Å². The summed E-state index contributed by atoms with van der Waals surface area (Å²) in [5.74, 6) is 0.750. The molecular weight excluding hydrogens is 387 g/mol. The summed E-state index contributed by atoms with van der Waals surface area (Å²) >= 11 is 0. The van der Waals surface area contributed by atoms with Crippen LogP contribution in [0, 0.1) is 12.7 Å². The lowest BCUT2D eigenvalue weighted by molar-refractivity contribution is -0.115. The van der Waals surface area contributed by atoms with Crippen molar-refractivity contribution in [2.24, 2.45) is 0 Å². The van der Waals surface area contributed by atoms with E-state index in [1.165, 1.54) is 12.1 Å². The number of halogens is 1. The number of benzene rings is 1. The first-order valence-electron chi connectivity index (χ1n) is 9.45. The number of carbonyl (C=O) groups excluding carboxylic acids is 1. The molecule has 1 N–H and O–H groups in total. The topological polar surface area (TPSA) is 98.2 Å². The lowest BCUT2D eigenvalue weighted by atomic mass is 9.96. The van der Waals surface area contributed by atoms with E-state index in [0.29, 0.717) is 34.4 Å². The van der Waals surface area contributed by atoms with E-state index in [1.54, 1.807) is 35.7 Å². The summed E-state index contributed by atoms with van der Waals surface area (Å²) in [5, 5.41) is 15.0. The van der Waals surface area contributed by atoms with Crippen LogP contribution in [0.2, 0.25) is 0 Å². The molecule has 0 fully saturated rings. The van der Waals surface area contributed by atoms with Crippen molar-refractivity contribution in [1.82, 2.24) is 24.7 Å². The number of hydrogen-bond acceptors (Lipinski definition) is 6. The Labute approximate surface area is 172 Å². The van der Waals surface area contributed by atoms with Crippen molar-refractivity contribution < 1.29 is 13.7 Å². The van der Waals surface area contributed by atoms with Crippen molar-refractivity contribution in [3.63, 3.8) is 0 Å². The number of nitrogens with zero attached hydrogens (tertiary/aromatic N) is 5. The summed E-state index contributed by atoms with van der Waals surface area (Å²) in [6, 6.07) is 7.82. The molecule has 0 spiro atoms. The third-order valence-electron chi connectivity index (χ3n) is 4.62. The molecule has 0 atom stereocenters. The number of aromatic nitrogens is 5. The van der Waals surface area contributed by atoms with E-state index < -0.39 is 5.82 Å². The highest BCUT2D eigenvalue weighted by Gasteiger charge is 2.22. The molecule has 0 unspecified atom stereocenters. The lowest BCUT2D eigenvalue weighted by Gasteiger charge is -2.10. The first kappa shape index (κ1) is 19.7. The van der Waals surface area contributed by atoms with Crippen LogP contribution in [0.25, 0.3) is 17.1 Å². The molecule has 1 amide bonds. The number of fused-ring (bicyclic) bond motifs is 1. The molecule has 154 valence electrons. The minimum absolute atomic E-state index is 0.00873. The molecule has 0 aliphatic rings. The summed E-state index contributed by atoms with van der Waals surface area (Å²) < 4.78 is 20.5. The van der Waals surface area contributed by atoms with E-state index in [1.807, 2.05) is 20.8 Å². The van der Waals surface area contributed by atoms with Crippen LogP contribution in [0.3, 0.4) is 0 Å². The molecule has 0 aliphatic heterocycles. The molecule has 0 bridgehead atoms. The van der Waals surface area contributed by atoms with Gasteiger partial charge in [-0.05, 0) is 36.8 Å². The van der Waals surface area contributed by atoms with Crippen LogP contribution in [-0.4, -0.2) is 30.6 Å². The monoisotopic (exact) mass is 408 g/mol. The second kappa shape index (κ2) is 7.33. The Bertz CT molecular complexity index is 1240. The zero-order chi connectivity index (χ0) is 21.5. The summed E-state index contributed by atoms with van der Waals surface area (Å²) in [4.78, 5) is 16.9. The SMILES string of the molecule is Cc1ccc(F)cc1NC(=O)Cc1nnc2cc(-c3nc(C(C)(C)C)no3)ccn12. The van der Waals surface area contributed by atoms with Gasteiger partial charge in [-0.3, -0.25) is 9.20 Å². The van der Waals surface area contributed by atoms with Gasteiger partial charge in [-0.15, -0.1) is 10.2 Å². The van der Waals surface area contributed by atoms with Gasteiger partial charge in [-0.2, -0.15) is 4.98 Å². The molecule has 0 saturated heterocycles. The van der Waals surface area contributed by atoms with Crippen molar-refractivity contribution >= 4 is 17.2 Å². The fraction of sp³-hybridized carbons (Fsp3) is 0.286. The first-order chi connectivity index (χ1) is 14.2. The van der Waals surface area contributed by atoms with Gasteiger partial charge in [0.1, 0.15) is 11.6 Å². The molecule has 4 aromatic rings. The van der Waals surface area contributed by atoms with Crippen LogP contribution in [-0.2, 0) is 16.6 Å². The van der Waals surface area contributed by atoms with Gasteiger partial charge in [0.25, 0.3) is 5.89 Å². The number of nitrogens with one attached hydrogen (secondary N) is 1. The standard InChI is InChI=1S/C21H21FN6O2/c1-12-5-6-14(22)10-15(12)23-18(29)11-17-26-25-16-9-13(7-8-28(16)17)19-24-20(27-30-19)21(2,3)4/h5-10H,11H2,1-4H3,(H,23,29). The third-order valence-corrected chi connectivity index (χ3v) is 4.62. The Morgan fingerprint density at radius 3 is 2.73 bits per heavy atom. The maximum absolute atomic E-state index is 13.4. The summed E-state index contributed by atoms with van der Waals surface area (Å²) in [5.41, 5.74) is 2.25. The van der Waals surface area contributed by atoms with Crippen LogP contribution in [0.15, 0.2) is 41.1 Å². The second-order valence-corrected chi connectivity index (χ2v) is 8.12. The van der Waals surface area contributed by atoms with Crippen LogP contribution in [0.4, 0.5) is 10.1 Å². The molecule has 8 nitrogen and oxygen atoms in total. The Hall–Kier alpha value is -3.62. The first-order valence-corrected chi connectivity index (χ1v) is 9.45. The maximum Gasteiger partial charge on any atom is 0.258 e. The molecule has 9 heteroatoms. The fourth-order valence-corrected chi connectivity index (χ4v) is 2.91. The molecule has 4 rings (SSSR count). The van der Waals surface area contributed by atoms with Crippen molar-refractivity contribution in [3.05, 3.63) is 59.6 Å². The van der Waals surface area contributed by atoms with Crippen molar-refractivity contribution in [2.45, 2.75) is 39.5 Å². The van der Waals surface area contributed by atoms with Crippen LogP contribution >= 0.6 is 0 Å². The normalized spacial score (nSPS) is 11.8. The summed E-state index contributed by atoms with van der Waals surface area (Å²) in [7, 11) is 0. The fourth-order valence-electron chi connectivity index (χ4n) is 2.91. The van der Waals surface area contributed by atoms with Gasteiger partial charge < -0.3 is 9.84 Å². The average molecular weight is 408 g/mol. The quantitative estimate of drug-likeness (QED) is 0.553. The second-order valence-electron chi connectivity index (χ2n) is 8.12. The van der Waals surface area contributed by atoms with Crippen LogP contribution < -0.4 is 5.32 Å². The molecule has 0 radical (unpaired) electrons. The molecule has 3 aromatic heterocycles. The number of carbonyl (C=O) groups is 1. The Kier molecular flexibility index (Phi) is 4.81. The smallest absolute Gasteiger partial charge is 0.258 e. The average Bonchev–Trinajstić information content (AvgIpc) is 3.32. The molecule has 0 aliphatic carbocycles. The molecule has 3 heterocycles. The minimum atomic E-state index is -0.410. The zero-order valence-electron chi connectivity index (χ0n) is 17.1. The molecule has 30 heavy (non-hydrogen) atoms. The van der Waals surface area contributed by atoms with Gasteiger partial charge in [0.2, 0.25) is 5.91 Å². The number of pyridine rings is 1. The van der Waals surface area contributed by atoms with E-state index in [4.69, 9.17) is 4.52 Å². The van der Waals surface area contributed by atoms with E-state index >= 15 is 0 Å². The van der Waals surface area contributed by atoms with Gasteiger partial charge in [0, 0.05) is 22.9 Å². The van der Waals surface area contributed by atoms with Crippen molar-refractivity contribution in [3.8, 4) is 11.5 Å². The number of anilines is 1. The Morgan fingerprint density at radius 1 is 1.20 bits per heavy atom. The molecule has 0 saturated carbocycles. The molecule has 1 aromatic carbocycles. The number of hydrogen-bond donors (Lipinski definition) is 1. The predicted molar refractivity (Wildman–Crippen MR) is 108 cm³/mol. The van der Waals surface area contributed by atoms with E-state index in [0.717, 1.165) is 5.56 Å². The highest BCUT2D eigenvalue weighted by Crippen LogP contribution is 2.24. The number of amides is 1. The summed E-state index contributed by atoms with van der Waals surface area (Å²) in [6.45, 7) is 7.82. The highest BCUT2D eigenvalue weighted by atomic mass is 19.1. The Balaban J connectivity index is 1.54. The van der Waals surface area contributed by atoms with Gasteiger partial charge in [0.05, 0.1) is 6.42 Å².